The minimum absolute atomic E-state index is 0.205. The first-order valence-corrected chi connectivity index (χ1v) is 32.6. The fourth-order valence-electron chi connectivity index (χ4n) is 15.5. The molecule has 0 spiro atoms. The first-order chi connectivity index (χ1) is 45.3. The van der Waals surface area contributed by atoms with E-state index >= 15 is 0 Å². The van der Waals surface area contributed by atoms with Crippen molar-refractivity contribution in [1.29, 1.82) is 0 Å². The third-order valence-electron chi connectivity index (χ3n) is 19.8. The van der Waals surface area contributed by atoms with Gasteiger partial charge in [0.25, 0.3) is 6.71 Å². The molecule has 0 N–H and O–H groups in total. The van der Waals surface area contributed by atoms with Crippen molar-refractivity contribution in [1.82, 2.24) is 9.13 Å². The standard InChI is InChI=1S/C86H65BN4O/c1-5-6-26-58-43-46-68-67-37-20-25-42-81(67)92-85(68)83(58)90-77-53-61(88-73-38-21-16-33-63(73)64-34-17-22-39-74(64)88)44-47-71(77)87-72-48-45-62(89-75-40-23-18-35-65(75)66-36-19-24-41-76(66)89)54-78(72)91(80-52-60(86(2,3)4)51-79(90)82(80)87)84-69(56-29-12-8-13-30-56)49-59(55-27-10-7-11-28-55)50-70(84)57-31-14-9-15-32-57/h7-25,27-54H,5-6,26H2,1-4H3. The molecule has 0 unspecified atom stereocenters. The number of hydrogen-bond acceptors (Lipinski definition) is 3. The third kappa shape index (κ3) is 8.26. The number of para-hydroxylation sites is 5. The number of anilines is 6. The topological polar surface area (TPSA) is 29.5 Å². The first kappa shape index (κ1) is 53.9. The van der Waals surface area contributed by atoms with E-state index in [0.717, 1.165) is 115 Å². The number of aryl methyl sites for hydroxylation is 1. The number of nitrogens with zero attached hydrogens (tertiary/aromatic N) is 4. The third-order valence-corrected chi connectivity index (χ3v) is 19.8. The predicted octanol–water partition coefficient (Wildman–Crippen LogP) is 21.5. The van der Waals surface area contributed by atoms with Crippen LogP contribution in [0.3, 0.4) is 0 Å². The lowest BCUT2D eigenvalue weighted by atomic mass is 9.33. The molecule has 5 heterocycles. The Balaban J connectivity index is 1.02. The molecule has 0 bridgehead atoms. The maximum atomic E-state index is 7.37. The van der Waals surface area contributed by atoms with Gasteiger partial charge >= 0.3 is 0 Å². The average molecular weight is 1180 g/mol. The monoisotopic (exact) mass is 1180 g/mol. The van der Waals surface area contributed by atoms with Crippen molar-refractivity contribution in [3.05, 3.63) is 296 Å². The lowest BCUT2D eigenvalue weighted by Gasteiger charge is -2.46. The number of furan rings is 1. The van der Waals surface area contributed by atoms with Crippen LogP contribution in [0.2, 0.25) is 0 Å². The lowest BCUT2D eigenvalue weighted by Crippen LogP contribution is -2.61. The molecule has 0 saturated heterocycles. The van der Waals surface area contributed by atoms with Crippen LogP contribution in [0.5, 0.6) is 0 Å². The van der Waals surface area contributed by atoms with Gasteiger partial charge < -0.3 is 23.4 Å². The number of benzene rings is 13. The van der Waals surface area contributed by atoms with Gasteiger partial charge in [0.15, 0.2) is 5.58 Å². The molecule has 2 aliphatic heterocycles. The zero-order valence-corrected chi connectivity index (χ0v) is 52.0. The Hall–Kier alpha value is -11.1. The van der Waals surface area contributed by atoms with E-state index in [2.05, 4.69) is 332 Å². The van der Waals surface area contributed by atoms with Crippen LogP contribution in [-0.2, 0) is 11.8 Å². The van der Waals surface area contributed by atoms with Crippen LogP contribution in [0.1, 0.15) is 51.7 Å². The van der Waals surface area contributed by atoms with Gasteiger partial charge in [0.05, 0.1) is 33.4 Å². The maximum Gasteiger partial charge on any atom is 0.252 e. The highest BCUT2D eigenvalue weighted by molar-refractivity contribution is 7.00. The van der Waals surface area contributed by atoms with Crippen LogP contribution in [0.15, 0.2) is 290 Å². The Kier molecular flexibility index (Phi) is 12.3. The summed E-state index contributed by atoms with van der Waals surface area (Å²) in [5.41, 5.74) is 28.3. The summed E-state index contributed by atoms with van der Waals surface area (Å²) in [6.07, 6.45) is 2.97. The Labute approximate surface area is 536 Å². The Bertz CT molecular complexity index is 5470. The SMILES string of the molecule is CCCCc1ccc2c(oc3ccccc32)c1N1c2cc(-n3c4ccccc4c4ccccc43)ccc2B2c3ccc(-n4c5ccccc5c5ccccc54)cc3N(c3c(-c4ccccc4)cc(-c4ccccc4)cc3-c3ccccc3)c3cc(C(C)(C)C)cc1c32. The van der Waals surface area contributed by atoms with Crippen molar-refractivity contribution < 1.29 is 4.42 Å². The van der Waals surface area contributed by atoms with E-state index in [1.165, 1.54) is 76.7 Å². The number of hydrogen-bond donors (Lipinski definition) is 0. The van der Waals surface area contributed by atoms with E-state index in [1.54, 1.807) is 0 Å². The number of aromatic nitrogens is 2. The van der Waals surface area contributed by atoms with Gasteiger partial charge in [-0.15, -0.1) is 0 Å². The molecule has 5 nitrogen and oxygen atoms in total. The van der Waals surface area contributed by atoms with Gasteiger partial charge in [-0.05, 0) is 147 Å². The highest BCUT2D eigenvalue weighted by Crippen LogP contribution is 2.54. The summed E-state index contributed by atoms with van der Waals surface area (Å²) < 4.78 is 12.4. The van der Waals surface area contributed by atoms with Gasteiger partial charge in [0, 0.05) is 77.6 Å². The molecular weight excluding hydrogens is 1120 g/mol. The summed E-state index contributed by atoms with van der Waals surface area (Å²) in [5.74, 6) is 0. The summed E-state index contributed by atoms with van der Waals surface area (Å²) in [7, 11) is 0. The number of unbranched alkanes of at least 4 members (excludes halogenated alkanes) is 1. The predicted molar refractivity (Wildman–Crippen MR) is 390 cm³/mol. The largest absolute Gasteiger partial charge is 0.454 e. The molecule has 13 aromatic carbocycles. The van der Waals surface area contributed by atoms with E-state index in [-0.39, 0.29) is 12.1 Å². The molecule has 6 heteroatoms. The molecule has 16 aromatic rings. The van der Waals surface area contributed by atoms with Gasteiger partial charge in [-0.25, -0.2) is 0 Å². The molecule has 0 aliphatic carbocycles. The van der Waals surface area contributed by atoms with Gasteiger partial charge in [0.1, 0.15) is 5.58 Å². The van der Waals surface area contributed by atoms with Gasteiger partial charge in [0.2, 0.25) is 0 Å². The second-order valence-electron chi connectivity index (χ2n) is 26.2. The van der Waals surface area contributed by atoms with Crippen LogP contribution in [0.4, 0.5) is 34.1 Å². The second kappa shape index (κ2) is 21.0. The van der Waals surface area contributed by atoms with Crippen molar-refractivity contribution in [2.75, 3.05) is 9.80 Å². The van der Waals surface area contributed by atoms with Gasteiger partial charge in [-0.3, -0.25) is 0 Å². The zero-order valence-electron chi connectivity index (χ0n) is 52.0. The molecule has 2 aliphatic rings. The summed E-state index contributed by atoms with van der Waals surface area (Å²) in [6.45, 7) is 9.25. The van der Waals surface area contributed by atoms with Crippen LogP contribution < -0.4 is 26.2 Å². The number of rotatable bonds is 10. The molecule has 0 fully saturated rings. The molecule has 0 amide bonds. The van der Waals surface area contributed by atoms with E-state index in [9.17, 15) is 0 Å². The molecule has 438 valence electrons. The fourth-order valence-corrected chi connectivity index (χ4v) is 15.5. The van der Waals surface area contributed by atoms with E-state index in [0.29, 0.717) is 0 Å². The van der Waals surface area contributed by atoms with Gasteiger partial charge in [-0.2, -0.15) is 0 Å². The first-order valence-electron chi connectivity index (χ1n) is 32.6. The van der Waals surface area contributed by atoms with Crippen molar-refractivity contribution >= 4 is 123 Å². The van der Waals surface area contributed by atoms with E-state index in [1.807, 2.05) is 0 Å². The molecule has 3 aromatic heterocycles. The summed E-state index contributed by atoms with van der Waals surface area (Å²) in [5, 5.41) is 7.16. The summed E-state index contributed by atoms with van der Waals surface area (Å²) >= 11 is 0. The maximum absolute atomic E-state index is 7.37. The van der Waals surface area contributed by atoms with Crippen LogP contribution in [0.25, 0.3) is 110 Å². The summed E-state index contributed by atoms with van der Waals surface area (Å²) in [4.78, 5) is 5.36. The molecule has 0 radical (unpaired) electrons. The lowest BCUT2D eigenvalue weighted by molar-refractivity contribution is 0.590. The highest BCUT2D eigenvalue weighted by Gasteiger charge is 2.46. The fraction of sp³-hybridized carbons (Fsp3) is 0.0930. The van der Waals surface area contributed by atoms with Crippen molar-refractivity contribution in [3.8, 4) is 44.8 Å². The quantitative estimate of drug-likeness (QED) is 0.128. The highest BCUT2D eigenvalue weighted by atomic mass is 16.3. The zero-order chi connectivity index (χ0) is 61.3. The normalized spacial score (nSPS) is 12.8. The van der Waals surface area contributed by atoms with Crippen molar-refractivity contribution in [3.63, 3.8) is 0 Å². The van der Waals surface area contributed by atoms with E-state index < -0.39 is 0 Å². The van der Waals surface area contributed by atoms with E-state index in [4.69, 9.17) is 4.42 Å². The Morgan fingerprint density at radius 1 is 0.370 bits per heavy atom. The minimum Gasteiger partial charge on any atom is -0.454 e. The van der Waals surface area contributed by atoms with Crippen LogP contribution in [0, 0.1) is 0 Å². The molecule has 18 rings (SSSR count). The molecular formula is C86H65BN4O. The average Bonchev–Trinajstić information content (AvgIpc) is 0.771. The van der Waals surface area contributed by atoms with Gasteiger partial charge in [-0.1, -0.05) is 240 Å². The Morgan fingerprint density at radius 2 is 0.804 bits per heavy atom. The van der Waals surface area contributed by atoms with Crippen LogP contribution >= 0.6 is 0 Å². The van der Waals surface area contributed by atoms with Crippen molar-refractivity contribution in [2.45, 2.75) is 52.4 Å². The molecule has 0 atom stereocenters. The molecule has 92 heavy (non-hydrogen) atoms. The second-order valence-corrected chi connectivity index (χ2v) is 26.2. The number of fused-ring (bicyclic) bond motifs is 13. The minimum atomic E-state index is -0.299. The smallest absolute Gasteiger partial charge is 0.252 e. The summed E-state index contributed by atoms with van der Waals surface area (Å²) in [6, 6.07) is 107. The molecule has 0 saturated carbocycles. The van der Waals surface area contributed by atoms with Crippen molar-refractivity contribution in [2.24, 2.45) is 0 Å². The van der Waals surface area contributed by atoms with Crippen LogP contribution in [-0.4, -0.2) is 15.8 Å². The Morgan fingerprint density at radius 3 is 1.28 bits per heavy atom.